The number of carbonyl (C=O) groups is 1. The summed E-state index contributed by atoms with van der Waals surface area (Å²) < 4.78 is 0. The molecule has 1 saturated heterocycles. The fourth-order valence-electron chi connectivity index (χ4n) is 4.85. The van der Waals surface area contributed by atoms with E-state index < -0.39 is 0 Å². The summed E-state index contributed by atoms with van der Waals surface area (Å²) in [6.07, 6.45) is 1.01. The highest BCUT2D eigenvalue weighted by atomic mass is 16.2. The van der Waals surface area contributed by atoms with Crippen molar-refractivity contribution in [3.8, 4) is 11.4 Å². The highest BCUT2D eigenvalue weighted by Gasteiger charge is 2.45. The lowest BCUT2D eigenvalue weighted by Gasteiger charge is -2.34. The van der Waals surface area contributed by atoms with Gasteiger partial charge < -0.3 is 9.80 Å². The Kier molecular flexibility index (Phi) is 4.62. The number of quaternary nitrogens is 1. The number of likely N-dealkylation sites (N-methyl/N-ethyl adjacent to an activating group) is 1. The average molecular weight is 404 g/mol. The molecule has 3 atom stereocenters. The van der Waals surface area contributed by atoms with Crippen LogP contribution in [0.25, 0.3) is 11.4 Å². The number of nitrogens with zero attached hydrogens (tertiary/aromatic N) is 5. The molecule has 0 saturated carbocycles. The van der Waals surface area contributed by atoms with Crippen LogP contribution in [-0.2, 0) is 11.3 Å². The average Bonchev–Trinajstić information content (AvgIpc) is 3.31. The van der Waals surface area contributed by atoms with Gasteiger partial charge in [-0.05, 0) is 30.7 Å². The normalized spacial score (nSPS) is 22.6. The minimum atomic E-state index is 0.0278. The monoisotopic (exact) mass is 403 g/mol. The number of aromatic nitrogens is 4. The molecule has 30 heavy (non-hydrogen) atoms. The molecule has 0 radical (unpaired) electrons. The number of hydrogen-bond donors (Lipinski definition) is 1. The van der Waals surface area contributed by atoms with Gasteiger partial charge in [-0.15, -0.1) is 10.2 Å². The van der Waals surface area contributed by atoms with Crippen LogP contribution >= 0.6 is 0 Å². The number of piperidine rings is 1. The zero-order valence-corrected chi connectivity index (χ0v) is 17.7. The lowest BCUT2D eigenvalue weighted by molar-refractivity contribution is -0.886. The van der Waals surface area contributed by atoms with Gasteiger partial charge in [0.2, 0.25) is 5.82 Å². The van der Waals surface area contributed by atoms with E-state index in [1.807, 2.05) is 36.1 Å². The maximum absolute atomic E-state index is 13.4. The molecule has 7 heteroatoms. The lowest BCUT2D eigenvalue weighted by Crippen LogP contribution is -3.11. The summed E-state index contributed by atoms with van der Waals surface area (Å²) >= 11 is 0. The fourth-order valence-corrected chi connectivity index (χ4v) is 4.85. The summed E-state index contributed by atoms with van der Waals surface area (Å²) in [6.45, 7) is 6.39. The van der Waals surface area contributed by atoms with Crippen molar-refractivity contribution in [2.45, 2.75) is 38.8 Å². The lowest BCUT2D eigenvalue weighted by atomic mass is 9.89. The number of nitrogens with one attached hydrogen (secondary N) is 1. The summed E-state index contributed by atoms with van der Waals surface area (Å²) in [7, 11) is 2.24. The molecule has 0 spiro atoms. The third kappa shape index (κ3) is 3.29. The van der Waals surface area contributed by atoms with E-state index in [0.29, 0.717) is 11.7 Å². The Morgan fingerprint density at radius 3 is 2.70 bits per heavy atom. The quantitative estimate of drug-likeness (QED) is 0.717. The largest absolute Gasteiger partial charge is 0.337 e. The van der Waals surface area contributed by atoms with E-state index in [1.165, 1.54) is 26.4 Å². The van der Waals surface area contributed by atoms with Crippen LogP contribution in [-0.4, -0.2) is 52.3 Å². The van der Waals surface area contributed by atoms with Gasteiger partial charge in [0.1, 0.15) is 6.54 Å². The van der Waals surface area contributed by atoms with E-state index in [2.05, 4.69) is 47.6 Å². The molecule has 1 N–H and O–H groups in total. The van der Waals surface area contributed by atoms with Gasteiger partial charge in [-0.1, -0.05) is 47.5 Å². The Labute approximate surface area is 176 Å². The molecule has 0 bridgehead atoms. The zero-order chi connectivity index (χ0) is 20.8. The van der Waals surface area contributed by atoms with Gasteiger partial charge in [0.15, 0.2) is 0 Å². The van der Waals surface area contributed by atoms with Crippen molar-refractivity contribution < 1.29 is 9.69 Å². The Balaban J connectivity index is 1.40. The van der Waals surface area contributed by atoms with Gasteiger partial charge in [0, 0.05) is 17.7 Å². The van der Waals surface area contributed by atoms with Crippen molar-refractivity contribution >= 4 is 11.6 Å². The second-order valence-electron chi connectivity index (χ2n) is 8.71. The first kappa shape index (κ1) is 18.9. The number of fused-ring (bicyclic) bond motifs is 3. The summed E-state index contributed by atoms with van der Waals surface area (Å²) in [5, 5.41) is 12.7. The molecule has 1 unspecified atom stereocenters. The topological polar surface area (TPSA) is 68.3 Å². The summed E-state index contributed by atoms with van der Waals surface area (Å²) in [5.41, 5.74) is 5.68. The standard InChI is InChI=1S/C23H26N6O/c1-15-4-7-17(8-5-15)23-24-26-28(25-23)14-22(30)29-20-9-6-16(2)12-18(20)19-13-27(3)11-10-21(19)29/h4-9,12,19,21H,10-11,13-14H2,1-3H3/p+1/t19-,21-/m1/s1. The Hall–Kier alpha value is -3.06. The van der Waals surface area contributed by atoms with Crippen molar-refractivity contribution in [1.29, 1.82) is 0 Å². The van der Waals surface area contributed by atoms with Crippen LogP contribution in [0.4, 0.5) is 5.69 Å². The predicted molar refractivity (Wildman–Crippen MR) is 114 cm³/mol. The van der Waals surface area contributed by atoms with Crippen molar-refractivity contribution in [3.63, 3.8) is 0 Å². The number of likely N-dealkylation sites (tertiary alicyclic amines) is 1. The molecular weight excluding hydrogens is 376 g/mol. The van der Waals surface area contributed by atoms with E-state index in [4.69, 9.17) is 0 Å². The van der Waals surface area contributed by atoms with Crippen LogP contribution < -0.4 is 9.80 Å². The van der Waals surface area contributed by atoms with Gasteiger partial charge in [0.25, 0.3) is 5.91 Å². The molecule has 3 aromatic rings. The van der Waals surface area contributed by atoms with E-state index in [1.54, 1.807) is 0 Å². The van der Waals surface area contributed by atoms with Crippen LogP contribution in [0.1, 0.15) is 29.0 Å². The van der Waals surface area contributed by atoms with Crippen molar-refractivity contribution in [1.82, 2.24) is 20.2 Å². The third-order valence-corrected chi connectivity index (χ3v) is 6.38. The number of aryl methyl sites for hydroxylation is 2. The van der Waals surface area contributed by atoms with Crippen molar-refractivity contribution in [2.24, 2.45) is 0 Å². The maximum atomic E-state index is 13.4. The molecule has 5 rings (SSSR count). The Morgan fingerprint density at radius 1 is 1.13 bits per heavy atom. The minimum Gasteiger partial charge on any atom is -0.337 e. The molecule has 154 valence electrons. The number of hydrogen-bond acceptors (Lipinski definition) is 4. The van der Waals surface area contributed by atoms with Crippen LogP contribution in [0.3, 0.4) is 0 Å². The van der Waals surface area contributed by atoms with Crippen molar-refractivity contribution in [2.75, 3.05) is 25.0 Å². The van der Waals surface area contributed by atoms with Gasteiger partial charge in [0.05, 0.1) is 32.1 Å². The molecule has 2 aromatic carbocycles. The van der Waals surface area contributed by atoms with E-state index in [-0.39, 0.29) is 18.5 Å². The van der Waals surface area contributed by atoms with Crippen LogP contribution in [0.15, 0.2) is 42.5 Å². The second kappa shape index (κ2) is 7.32. The number of benzene rings is 2. The Morgan fingerprint density at radius 2 is 1.90 bits per heavy atom. The smallest absolute Gasteiger partial charge is 0.250 e. The Bertz CT molecular complexity index is 1090. The number of anilines is 1. The van der Waals surface area contributed by atoms with E-state index >= 15 is 0 Å². The molecule has 1 aromatic heterocycles. The summed E-state index contributed by atoms with van der Waals surface area (Å²) in [5.74, 6) is 0.963. The molecular formula is C23H27N6O+. The number of amides is 1. The number of rotatable bonds is 3. The molecule has 2 aliphatic heterocycles. The third-order valence-electron chi connectivity index (χ3n) is 6.38. The molecule has 2 aliphatic rings. The minimum absolute atomic E-state index is 0.0278. The maximum Gasteiger partial charge on any atom is 0.250 e. The highest BCUT2D eigenvalue weighted by molar-refractivity contribution is 5.96. The van der Waals surface area contributed by atoms with Crippen LogP contribution in [0, 0.1) is 13.8 Å². The molecule has 7 nitrogen and oxygen atoms in total. The number of carbonyl (C=O) groups excluding carboxylic acids is 1. The molecule has 1 amide bonds. The highest BCUT2D eigenvalue weighted by Crippen LogP contribution is 2.43. The zero-order valence-electron chi connectivity index (χ0n) is 17.7. The second-order valence-corrected chi connectivity index (χ2v) is 8.71. The summed E-state index contributed by atoms with van der Waals surface area (Å²) in [6, 6.07) is 14.7. The van der Waals surface area contributed by atoms with Crippen LogP contribution in [0.2, 0.25) is 0 Å². The first-order valence-electron chi connectivity index (χ1n) is 10.6. The first-order chi connectivity index (χ1) is 14.5. The van der Waals surface area contributed by atoms with Gasteiger partial charge in [-0.25, -0.2) is 0 Å². The van der Waals surface area contributed by atoms with Crippen LogP contribution in [0.5, 0.6) is 0 Å². The predicted octanol–water partition coefficient (Wildman–Crippen LogP) is 1.37. The van der Waals surface area contributed by atoms with Crippen molar-refractivity contribution in [3.05, 3.63) is 59.2 Å². The van der Waals surface area contributed by atoms with Gasteiger partial charge >= 0.3 is 0 Å². The first-order valence-corrected chi connectivity index (χ1v) is 10.6. The summed E-state index contributed by atoms with van der Waals surface area (Å²) in [4.78, 5) is 18.3. The van der Waals surface area contributed by atoms with E-state index in [0.717, 1.165) is 30.8 Å². The number of tetrazole rings is 1. The SMILES string of the molecule is Cc1ccc(-c2nnn(CC(=O)N3c4ccc(C)cc4[C@H]4C[NH+](C)CC[C@H]43)n2)cc1. The van der Waals surface area contributed by atoms with E-state index in [9.17, 15) is 4.79 Å². The molecule has 1 fully saturated rings. The van der Waals surface area contributed by atoms with Gasteiger partial charge in [-0.2, -0.15) is 4.80 Å². The van der Waals surface area contributed by atoms with Gasteiger partial charge in [-0.3, -0.25) is 4.79 Å². The fraction of sp³-hybridized carbons (Fsp3) is 0.391. The molecule has 3 heterocycles. The molecule has 0 aliphatic carbocycles.